The minimum atomic E-state index is 0.657. The maximum Gasteiger partial charge on any atom is 0.0831 e. The van der Waals surface area contributed by atoms with Crippen LogP contribution in [0.15, 0.2) is 24.5 Å². The van der Waals surface area contributed by atoms with Crippen LogP contribution in [0.25, 0.3) is 0 Å². The predicted molar refractivity (Wildman–Crippen MR) is 75.2 cm³/mol. The number of hydrogen-bond acceptors (Lipinski definition) is 3. The third-order valence-corrected chi connectivity index (χ3v) is 3.64. The molecule has 1 N–H and O–H groups in total. The molecule has 100 valence electrons. The van der Waals surface area contributed by atoms with E-state index in [1.165, 1.54) is 18.4 Å². The molecule has 1 aliphatic carbocycles. The average molecular weight is 277 g/mol. The van der Waals surface area contributed by atoms with Gasteiger partial charge in [0, 0.05) is 25.0 Å². The summed E-state index contributed by atoms with van der Waals surface area (Å²) in [7, 11) is 0. The highest BCUT2D eigenvalue weighted by atomic mass is 35.5. The molecule has 0 atom stereocenters. The van der Waals surface area contributed by atoms with Crippen molar-refractivity contribution in [2.24, 2.45) is 0 Å². The lowest BCUT2D eigenvalue weighted by Crippen LogP contribution is -2.15. The number of hydrogen-bond donors (Lipinski definition) is 1. The van der Waals surface area contributed by atoms with Crippen LogP contribution in [-0.4, -0.2) is 20.8 Å². The minimum absolute atomic E-state index is 0.657. The van der Waals surface area contributed by atoms with Gasteiger partial charge in [0.05, 0.1) is 23.0 Å². The zero-order chi connectivity index (χ0) is 13.2. The quantitative estimate of drug-likeness (QED) is 0.913. The summed E-state index contributed by atoms with van der Waals surface area (Å²) in [6, 6.07) is 4.90. The van der Waals surface area contributed by atoms with Gasteiger partial charge in [0.1, 0.15) is 0 Å². The standard InChI is InChI=1S/C14H17ClN4/c1-10-14(15)9-19(18-10)8-13-3-2-11(7-17-13)6-16-12-4-5-12/h2-3,7,9,12,16H,4-6,8H2,1H3. The molecule has 1 saturated carbocycles. The second-order valence-corrected chi connectivity index (χ2v) is 5.48. The van der Waals surface area contributed by atoms with Gasteiger partial charge in [-0.15, -0.1) is 0 Å². The first-order valence-corrected chi connectivity index (χ1v) is 6.95. The van der Waals surface area contributed by atoms with Crippen LogP contribution >= 0.6 is 11.6 Å². The molecule has 4 nitrogen and oxygen atoms in total. The maximum atomic E-state index is 5.99. The molecule has 0 saturated heterocycles. The van der Waals surface area contributed by atoms with E-state index < -0.39 is 0 Å². The molecular formula is C14H17ClN4. The summed E-state index contributed by atoms with van der Waals surface area (Å²) in [6.45, 7) is 3.47. The van der Waals surface area contributed by atoms with Gasteiger partial charge >= 0.3 is 0 Å². The first-order chi connectivity index (χ1) is 9.20. The smallest absolute Gasteiger partial charge is 0.0831 e. The Bertz CT molecular complexity index is 538. The number of aryl methyl sites for hydroxylation is 1. The average Bonchev–Trinajstić information content (AvgIpc) is 3.16. The van der Waals surface area contributed by atoms with E-state index in [9.17, 15) is 0 Å². The van der Waals surface area contributed by atoms with Crippen molar-refractivity contribution in [3.8, 4) is 0 Å². The Balaban J connectivity index is 1.61. The molecule has 3 rings (SSSR count). The Morgan fingerprint density at radius 1 is 1.42 bits per heavy atom. The van der Waals surface area contributed by atoms with E-state index in [4.69, 9.17) is 11.6 Å². The van der Waals surface area contributed by atoms with Crippen LogP contribution in [0.5, 0.6) is 0 Å². The Morgan fingerprint density at radius 2 is 2.26 bits per heavy atom. The molecule has 0 spiro atoms. The largest absolute Gasteiger partial charge is 0.310 e. The zero-order valence-electron chi connectivity index (χ0n) is 10.9. The molecule has 0 radical (unpaired) electrons. The van der Waals surface area contributed by atoms with Crippen molar-refractivity contribution in [3.63, 3.8) is 0 Å². The molecule has 0 unspecified atom stereocenters. The van der Waals surface area contributed by atoms with E-state index >= 15 is 0 Å². The molecule has 5 heteroatoms. The molecule has 2 heterocycles. The van der Waals surface area contributed by atoms with Crippen molar-refractivity contribution in [3.05, 3.63) is 46.5 Å². The molecule has 2 aromatic heterocycles. The van der Waals surface area contributed by atoms with Gasteiger partial charge in [0.25, 0.3) is 0 Å². The van der Waals surface area contributed by atoms with E-state index in [1.54, 1.807) is 0 Å². The lowest BCUT2D eigenvalue weighted by molar-refractivity contribution is 0.660. The van der Waals surface area contributed by atoms with E-state index in [0.29, 0.717) is 11.6 Å². The summed E-state index contributed by atoms with van der Waals surface area (Å²) < 4.78 is 1.82. The van der Waals surface area contributed by atoms with E-state index in [1.807, 2.05) is 24.0 Å². The van der Waals surface area contributed by atoms with Crippen LogP contribution in [0.3, 0.4) is 0 Å². The summed E-state index contributed by atoms with van der Waals surface area (Å²) in [6.07, 6.45) is 6.39. The minimum Gasteiger partial charge on any atom is -0.310 e. The first-order valence-electron chi connectivity index (χ1n) is 6.57. The second kappa shape index (κ2) is 5.31. The predicted octanol–water partition coefficient (Wildman–Crippen LogP) is 2.54. The van der Waals surface area contributed by atoms with Crippen molar-refractivity contribution < 1.29 is 0 Å². The van der Waals surface area contributed by atoms with E-state index in [2.05, 4.69) is 27.5 Å². The fourth-order valence-corrected chi connectivity index (χ4v) is 2.09. The van der Waals surface area contributed by atoms with Crippen LogP contribution in [0.1, 0.15) is 29.8 Å². The number of nitrogens with zero attached hydrogens (tertiary/aromatic N) is 3. The fraction of sp³-hybridized carbons (Fsp3) is 0.429. The van der Waals surface area contributed by atoms with Crippen molar-refractivity contribution in [1.82, 2.24) is 20.1 Å². The fourth-order valence-electron chi connectivity index (χ4n) is 1.94. The number of halogens is 1. The summed E-state index contributed by atoms with van der Waals surface area (Å²) in [5.41, 5.74) is 3.08. The molecule has 0 aliphatic heterocycles. The van der Waals surface area contributed by atoms with Gasteiger partial charge in [-0.1, -0.05) is 17.7 Å². The molecule has 1 aliphatic rings. The number of aromatic nitrogens is 3. The van der Waals surface area contributed by atoms with Gasteiger partial charge in [-0.05, 0) is 31.4 Å². The Kier molecular flexibility index (Phi) is 3.53. The van der Waals surface area contributed by atoms with Crippen molar-refractivity contribution >= 4 is 11.6 Å². The first kappa shape index (κ1) is 12.6. The van der Waals surface area contributed by atoms with Crippen LogP contribution in [0.4, 0.5) is 0 Å². The summed E-state index contributed by atoms with van der Waals surface area (Å²) in [4.78, 5) is 4.47. The van der Waals surface area contributed by atoms with Gasteiger partial charge in [0.15, 0.2) is 0 Å². The highest BCUT2D eigenvalue weighted by Gasteiger charge is 2.19. The lowest BCUT2D eigenvalue weighted by Gasteiger charge is -2.05. The van der Waals surface area contributed by atoms with Gasteiger partial charge in [-0.3, -0.25) is 9.67 Å². The van der Waals surface area contributed by atoms with Gasteiger partial charge in [0.2, 0.25) is 0 Å². The molecular weight excluding hydrogens is 260 g/mol. The third-order valence-electron chi connectivity index (χ3n) is 3.27. The van der Waals surface area contributed by atoms with Gasteiger partial charge in [-0.25, -0.2) is 0 Å². The zero-order valence-corrected chi connectivity index (χ0v) is 11.7. The van der Waals surface area contributed by atoms with Gasteiger partial charge in [-0.2, -0.15) is 5.10 Å². The van der Waals surface area contributed by atoms with E-state index in [0.717, 1.165) is 24.0 Å². The third kappa shape index (κ3) is 3.33. The van der Waals surface area contributed by atoms with Crippen LogP contribution < -0.4 is 5.32 Å². The molecule has 0 bridgehead atoms. The molecule has 0 amide bonds. The van der Waals surface area contributed by atoms with Crippen LogP contribution in [-0.2, 0) is 13.1 Å². The summed E-state index contributed by atoms with van der Waals surface area (Å²) in [5, 5.41) is 8.51. The Labute approximate surface area is 117 Å². The van der Waals surface area contributed by atoms with Crippen molar-refractivity contribution in [2.45, 2.75) is 38.9 Å². The highest BCUT2D eigenvalue weighted by molar-refractivity contribution is 6.31. The Morgan fingerprint density at radius 3 is 2.84 bits per heavy atom. The maximum absolute atomic E-state index is 5.99. The van der Waals surface area contributed by atoms with E-state index in [-0.39, 0.29) is 0 Å². The van der Waals surface area contributed by atoms with Crippen LogP contribution in [0, 0.1) is 6.92 Å². The lowest BCUT2D eigenvalue weighted by atomic mass is 10.2. The summed E-state index contributed by atoms with van der Waals surface area (Å²) >= 11 is 5.99. The Hall–Kier alpha value is -1.39. The van der Waals surface area contributed by atoms with Crippen LogP contribution in [0.2, 0.25) is 5.02 Å². The monoisotopic (exact) mass is 276 g/mol. The van der Waals surface area contributed by atoms with Crippen molar-refractivity contribution in [1.29, 1.82) is 0 Å². The molecule has 0 aromatic carbocycles. The summed E-state index contributed by atoms with van der Waals surface area (Å²) in [5.74, 6) is 0. The molecule has 2 aromatic rings. The van der Waals surface area contributed by atoms with Gasteiger partial charge < -0.3 is 5.32 Å². The number of pyridine rings is 1. The molecule has 1 fully saturated rings. The highest BCUT2D eigenvalue weighted by Crippen LogP contribution is 2.19. The number of nitrogens with one attached hydrogen (secondary N) is 1. The SMILES string of the molecule is Cc1nn(Cc2ccc(CNC3CC3)cn2)cc1Cl. The normalized spacial score (nSPS) is 14.8. The second-order valence-electron chi connectivity index (χ2n) is 5.07. The molecule has 19 heavy (non-hydrogen) atoms. The van der Waals surface area contributed by atoms with Crippen molar-refractivity contribution in [2.75, 3.05) is 0 Å². The number of rotatable bonds is 5. The topological polar surface area (TPSA) is 42.7 Å².